The summed E-state index contributed by atoms with van der Waals surface area (Å²) in [5.74, 6) is -1.27. The Balaban J connectivity index is 1.70. The van der Waals surface area contributed by atoms with Gasteiger partial charge < -0.3 is 15.6 Å². The molecular weight excluding hydrogens is 516 g/mol. The lowest BCUT2D eigenvalue weighted by atomic mass is 10.2. The molecule has 2 aromatic carbocycles. The molecule has 12 nitrogen and oxygen atoms in total. The number of ether oxygens (including phenoxy) is 1. The SMILES string of the molecule is NC(=O)c1cccc(Oc2ccc(/N=c3\[nH]c(=O)n(CCC(=O)O)c(=O)n3Cc3ccc(Cl)cc3)cc2)n1. The molecule has 0 atom stereocenters. The summed E-state index contributed by atoms with van der Waals surface area (Å²) < 4.78 is 7.70. The van der Waals surface area contributed by atoms with Crippen molar-refractivity contribution in [2.45, 2.75) is 19.5 Å². The van der Waals surface area contributed by atoms with Crippen molar-refractivity contribution in [1.82, 2.24) is 19.1 Å². The predicted molar refractivity (Wildman–Crippen MR) is 137 cm³/mol. The fourth-order valence-electron chi connectivity index (χ4n) is 3.40. The van der Waals surface area contributed by atoms with E-state index in [1.54, 1.807) is 60.7 Å². The maximum Gasteiger partial charge on any atom is 0.335 e. The second kappa shape index (κ2) is 11.4. The number of carbonyl (C=O) groups is 2. The van der Waals surface area contributed by atoms with E-state index in [0.717, 1.165) is 4.57 Å². The first-order valence-corrected chi connectivity index (χ1v) is 11.6. The van der Waals surface area contributed by atoms with E-state index in [9.17, 15) is 19.2 Å². The minimum atomic E-state index is -1.15. The number of carboxylic acids is 1. The number of aromatic amines is 1. The summed E-state index contributed by atoms with van der Waals surface area (Å²) in [6.07, 6.45) is -0.404. The number of rotatable bonds is 9. The van der Waals surface area contributed by atoms with Crippen LogP contribution >= 0.6 is 11.6 Å². The van der Waals surface area contributed by atoms with Gasteiger partial charge in [-0.15, -0.1) is 0 Å². The standard InChI is InChI=1S/C25H21ClN6O6/c26-16-6-4-15(5-7-16)14-32-23(30-24(36)31(25(32)37)13-12-21(33)34)28-17-8-10-18(11-9-17)38-20-3-1-2-19(29-20)22(27)35/h1-11H,12-14H2,(H2,27,35)(H,33,34)(H,28,30,36). The third-order valence-corrected chi connectivity index (χ3v) is 5.51. The average molecular weight is 537 g/mol. The van der Waals surface area contributed by atoms with Crippen LogP contribution in [0.4, 0.5) is 5.69 Å². The van der Waals surface area contributed by atoms with E-state index < -0.39 is 29.7 Å². The fourth-order valence-corrected chi connectivity index (χ4v) is 3.53. The van der Waals surface area contributed by atoms with Gasteiger partial charge in [-0.3, -0.25) is 19.1 Å². The highest BCUT2D eigenvalue weighted by atomic mass is 35.5. The second-order valence-electron chi connectivity index (χ2n) is 7.98. The third kappa shape index (κ3) is 6.42. The van der Waals surface area contributed by atoms with E-state index in [1.165, 1.54) is 10.6 Å². The minimum absolute atomic E-state index is 0.0361. The van der Waals surface area contributed by atoms with Crippen LogP contribution in [-0.2, 0) is 17.9 Å². The van der Waals surface area contributed by atoms with Gasteiger partial charge in [0.1, 0.15) is 11.4 Å². The number of carboxylic acid groups (broad SMARTS) is 1. The predicted octanol–water partition coefficient (Wildman–Crippen LogP) is 2.03. The highest BCUT2D eigenvalue weighted by Crippen LogP contribution is 2.22. The molecule has 38 heavy (non-hydrogen) atoms. The molecule has 1 amide bonds. The molecule has 194 valence electrons. The summed E-state index contributed by atoms with van der Waals surface area (Å²) in [5, 5.41) is 9.51. The van der Waals surface area contributed by atoms with Gasteiger partial charge in [0.05, 0.1) is 18.7 Å². The number of hydrogen-bond acceptors (Lipinski definition) is 7. The summed E-state index contributed by atoms with van der Waals surface area (Å²) in [7, 11) is 0. The lowest BCUT2D eigenvalue weighted by Crippen LogP contribution is -2.50. The molecule has 0 aliphatic heterocycles. The van der Waals surface area contributed by atoms with Crippen molar-refractivity contribution in [2.75, 3.05) is 0 Å². The van der Waals surface area contributed by atoms with Gasteiger partial charge in [-0.05, 0) is 48.0 Å². The number of halogens is 1. The normalized spacial score (nSPS) is 11.3. The highest BCUT2D eigenvalue weighted by molar-refractivity contribution is 6.30. The number of H-pyrrole nitrogens is 1. The molecule has 0 radical (unpaired) electrons. The highest BCUT2D eigenvalue weighted by Gasteiger charge is 2.12. The molecular formula is C25H21ClN6O6. The number of primary amides is 1. The molecule has 2 aromatic heterocycles. The Labute approximate surface area is 219 Å². The molecule has 0 fully saturated rings. The maximum absolute atomic E-state index is 13.2. The Morgan fingerprint density at radius 3 is 2.39 bits per heavy atom. The summed E-state index contributed by atoms with van der Waals surface area (Å²) >= 11 is 5.96. The first-order valence-electron chi connectivity index (χ1n) is 11.2. The van der Waals surface area contributed by atoms with Gasteiger partial charge in [0.15, 0.2) is 0 Å². The Morgan fingerprint density at radius 2 is 1.74 bits per heavy atom. The van der Waals surface area contributed by atoms with Crippen molar-refractivity contribution in [3.63, 3.8) is 0 Å². The largest absolute Gasteiger partial charge is 0.481 e. The number of nitrogens with zero attached hydrogens (tertiary/aromatic N) is 4. The molecule has 4 aromatic rings. The van der Waals surface area contributed by atoms with Crippen molar-refractivity contribution < 1.29 is 19.4 Å². The first-order chi connectivity index (χ1) is 18.2. The Hall–Kier alpha value is -4.97. The lowest BCUT2D eigenvalue weighted by molar-refractivity contribution is -0.137. The molecule has 4 rings (SSSR count). The van der Waals surface area contributed by atoms with Crippen molar-refractivity contribution in [3.8, 4) is 11.6 Å². The zero-order chi connectivity index (χ0) is 27.2. The number of aromatic nitrogens is 4. The number of amides is 1. The fraction of sp³-hybridized carbons (Fsp3) is 0.120. The van der Waals surface area contributed by atoms with Gasteiger partial charge in [0.25, 0.3) is 5.91 Å². The number of nitrogens with one attached hydrogen (secondary N) is 1. The summed E-state index contributed by atoms with van der Waals surface area (Å²) in [6.45, 7) is -0.261. The minimum Gasteiger partial charge on any atom is -0.481 e. The molecule has 4 N–H and O–H groups in total. The van der Waals surface area contributed by atoms with Crippen molar-refractivity contribution in [3.05, 3.63) is 110 Å². The third-order valence-electron chi connectivity index (χ3n) is 5.25. The summed E-state index contributed by atoms with van der Waals surface area (Å²) in [4.78, 5) is 59.1. The first kappa shape index (κ1) is 26.1. The van der Waals surface area contributed by atoms with Crippen molar-refractivity contribution >= 4 is 29.2 Å². The molecule has 0 aliphatic carbocycles. The Morgan fingerprint density at radius 1 is 1.03 bits per heavy atom. The quantitative estimate of drug-likeness (QED) is 0.293. The number of nitrogens with two attached hydrogens (primary N) is 1. The number of benzene rings is 2. The molecule has 0 bridgehead atoms. The van der Waals surface area contributed by atoms with Crippen LogP contribution in [0, 0.1) is 0 Å². The Kier molecular flexibility index (Phi) is 7.83. The van der Waals surface area contributed by atoms with E-state index in [2.05, 4.69) is 15.0 Å². The lowest BCUT2D eigenvalue weighted by Gasteiger charge is -2.11. The number of carbonyl (C=O) groups excluding carboxylic acids is 1. The van der Waals surface area contributed by atoms with Gasteiger partial charge in [-0.25, -0.2) is 24.1 Å². The van der Waals surface area contributed by atoms with E-state index in [1.807, 2.05) is 0 Å². The second-order valence-corrected chi connectivity index (χ2v) is 8.41. The van der Waals surface area contributed by atoms with Crippen LogP contribution in [0.3, 0.4) is 0 Å². The molecule has 0 saturated heterocycles. The van der Waals surface area contributed by atoms with E-state index in [0.29, 0.717) is 22.0 Å². The van der Waals surface area contributed by atoms with Crippen LogP contribution in [0.15, 0.2) is 81.3 Å². The monoisotopic (exact) mass is 536 g/mol. The molecule has 0 spiro atoms. The van der Waals surface area contributed by atoms with E-state index in [4.69, 9.17) is 27.2 Å². The molecule has 13 heteroatoms. The van der Waals surface area contributed by atoms with Crippen LogP contribution in [0.2, 0.25) is 5.02 Å². The smallest absolute Gasteiger partial charge is 0.335 e. The van der Waals surface area contributed by atoms with Crippen LogP contribution in [0.5, 0.6) is 11.6 Å². The van der Waals surface area contributed by atoms with Gasteiger partial charge in [-0.2, -0.15) is 0 Å². The van der Waals surface area contributed by atoms with Gasteiger partial charge in [0, 0.05) is 17.6 Å². The molecule has 0 unspecified atom stereocenters. The van der Waals surface area contributed by atoms with E-state index >= 15 is 0 Å². The molecule has 2 heterocycles. The maximum atomic E-state index is 13.2. The van der Waals surface area contributed by atoms with Crippen molar-refractivity contribution in [2.24, 2.45) is 10.7 Å². The van der Waals surface area contributed by atoms with Crippen LogP contribution in [0.25, 0.3) is 0 Å². The zero-order valence-corrected chi connectivity index (χ0v) is 20.5. The van der Waals surface area contributed by atoms with Crippen LogP contribution in [0.1, 0.15) is 22.5 Å². The van der Waals surface area contributed by atoms with Gasteiger partial charge >= 0.3 is 17.3 Å². The number of aliphatic carboxylic acids is 1. The zero-order valence-electron chi connectivity index (χ0n) is 19.7. The van der Waals surface area contributed by atoms with Gasteiger partial charge in [0.2, 0.25) is 11.5 Å². The average Bonchev–Trinajstić information content (AvgIpc) is 2.88. The van der Waals surface area contributed by atoms with Crippen LogP contribution < -0.4 is 27.5 Å². The Bertz CT molecular complexity index is 1670. The van der Waals surface area contributed by atoms with Crippen LogP contribution in [-0.4, -0.2) is 36.1 Å². The number of hydrogen-bond donors (Lipinski definition) is 3. The molecule has 0 aliphatic rings. The molecule has 0 saturated carbocycles. The van der Waals surface area contributed by atoms with Crippen molar-refractivity contribution in [1.29, 1.82) is 0 Å². The summed E-state index contributed by atoms with van der Waals surface area (Å²) in [6, 6.07) is 17.7. The number of pyridine rings is 1. The van der Waals surface area contributed by atoms with E-state index in [-0.39, 0.29) is 30.3 Å². The summed E-state index contributed by atoms with van der Waals surface area (Å²) in [5.41, 5.74) is 4.85. The van der Waals surface area contributed by atoms with Gasteiger partial charge in [-0.1, -0.05) is 29.8 Å². The topological polar surface area (TPSA) is 175 Å².